The van der Waals surface area contributed by atoms with Gasteiger partial charge in [0.15, 0.2) is 5.65 Å². The van der Waals surface area contributed by atoms with E-state index in [0.29, 0.717) is 10.1 Å². The first kappa shape index (κ1) is 12.3. The van der Waals surface area contributed by atoms with Crippen molar-refractivity contribution in [1.29, 1.82) is 0 Å². The van der Waals surface area contributed by atoms with E-state index >= 15 is 0 Å². The summed E-state index contributed by atoms with van der Waals surface area (Å²) < 4.78 is 7.25. The molecule has 90 valence electrons. The van der Waals surface area contributed by atoms with Crippen molar-refractivity contribution in [2.24, 2.45) is 0 Å². The van der Waals surface area contributed by atoms with Crippen LogP contribution >= 0.6 is 22.6 Å². The van der Waals surface area contributed by atoms with E-state index in [0.717, 1.165) is 5.39 Å². The SMILES string of the molecule is CC(C)(CI)OC(=O)n1ncc2cccnc21. The van der Waals surface area contributed by atoms with Crippen LogP contribution in [0.3, 0.4) is 0 Å². The molecule has 2 rings (SSSR count). The lowest BCUT2D eigenvalue weighted by molar-refractivity contribution is 0.0574. The van der Waals surface area contributed by atoms with E-state index < -0.39 is 11.7 Å². The molecule has 0 radical (unpaired) electrons. The topological polar surface area (TPSA) is 57.0 Å². The zero-order valence-corrected chi connectivity index (χ0v) is 11.7. The molecule has 0 atom stereocenters. The molecule has 6 heteroatoms. The van der Waals surface area contributed by atoms with Gasteiger partial charge in [-0.05, 0) is 26.0 Å². The van der Waals surface area contributed by atoms with Crippen molar-refractivity contribution in [2.75, 3.05) is 4.43 Å². The third kappa shape index (κ3) is 2.56. The van der Waals surface area contributed by atoms with Gasteiger partial charge in [0, 0.05) is 16.0 Å². The van der Waals surface area contributed by atoms with Crippen LogP contribution in [0.4, 0.5) is 4.79 Å². The number of carbonyl (C=O) groups excluding carboxylic acids is 1. The third-order valence-corrected chi connectivity index (χ3v) is 4.03. The highest BCUT2D eigenvalue weighted by molar-refractivity contribution is 14.1. The number of ether oxygens (including phenoxy) is 1. The summed E-state index contributed by atoms with van der Waals surface area (Å²) in [6.07, 6.45) is 2.72. The van der Waals surface area contributed by atoms with Gasteiger partial charge in [-0.15, -0.1) is 4.68 Å². The average molecular weight is 345 g/mol. The Hall–Kier alpha value is -1.18. The minimum Gasteiger partial charge on any atom is -0.441 e. The van der Waals surface area contributed by atoms with Crippen molar-refractivity contribution in [3.63, 3.8) is 0 Å². The van der Waals surface area contributed by atoms with Crippen LogP contribution in [-0.4, -0.2) is 30.9 Å². The smallest absolute Gasteiger partial charge is 0.437 e. The van der Waals surface area contributed by atoms with Crippen LogP contribution in [0, 0.1) is 0 Å². The lowest BCUT2D eigenvalue weighted by Gasteiger charge is -2.21. The highest BCUT2D eigenvalue weighted by Gasteiger charge is 2.23. The summed E-state index contributed by atoms with van der Waals surface area (Å²) in [6, 6.07) is 3.65. The molecule has 5 nitrogen and oxygen atoms in total. The number of halogens is 1. The van der Waals surface area contributed by atoms with Gasteiger partial charge in [-0.2, -0.15) is 5.10 Å². The van der Waals surface area contributed by atoms with Crippen LogP contribution in [0.5, 0.6) is 0 Å². The van der Waals surface area contributed by atoms with Crippen LogP contribution in [0.15, 0.2) is 24.5 Å². The largest absolute Gasteiger partial charge is 0.441 e. The Balaban J connectivity index is 2.31. The molecular weight excluding hydrogens is 333 g/mol. The van der Waals surface area contributed by atoms with Gasteiger partial charge in [0.1, 0.15) is 5.60 Å². The fourth-order valence-corrected chi connectivity index (χ4v) is 1.46. The summed E-state index contributed by atoms with van der Waals surface area (Å²) in [4.78, 5) is 16.0. The molecule has 0 aromatic carbocycles. The molecule has 0 spiro atoms. The quantitative estimate of drug-likeness (QED) is 0.620. The predicted molar refractivity (Wildman–Crippen MR) is 72.4 cm³/mol. The second-order valence-electron chi connectivity index (χ2n) is 4.23. The van der Waals surface area contributed by atoms with Crippen molar-refractivity contribution >= 4 is 39.7 Å². The zero-order valence-electron chi connectivity index (χ0n) is 9.55. The fourth-order valence-electron chi connectivity index (χ4n) is 1.30. The number of hydrogen-bond acceptors (Lipinski definition) is 4. The van der Waals surface area contributed by atoms with E-state index in [2.05, 4.69) is 32.7 Å². The monoisotopic (exact) mass is 345 g/mol. The van der Waals surface area contributed by atoms with Crippen LogP contribution in [-0.2, 0) is 4.74 Å². The van der Waals surface area contributed by atoms with E-state index in [9.17, 15) is 4.79 Å². The molecule has 0 unspecified atom stereocenters. The lowest BCUT2D eigenvalue weighted by Crippen LogP contribution is -2.32. The fraction of sp³-hybridized carbons (Fsp3) is 0.364. The first-order chi connectivity index (χ1) is 8.03. The van der Waals surface area contributed by atoms with Gasteiger partial charge in [-0.25, -0.2) is 9.78 Å². The molecule has 0 amide bonds. The summed E-state index contributed by atoms with van der Waals surface area (Å²) in [5.41, 5.74) is 0.00629. The van der Waals surface area contributed by atoms with Crippen LogP contribution < -0.4 is 0 Å². The molecule has 0 saturated heterocycles. The first-order valence-electron chi connectivity index (χ1n) is 5.11. The molecule has 0 fully saturated rings. The van der Waals surface area contributed by atoms with Gasteiger partial charge in [0.25, 0.3) is 0 Å². The second-order valence-corrected chi connectivity index (χ2v) is 5.00. The number of pyridine rings is 1. The number of rotatable bonds is 2. The number of fused-ring (bicyclic) bond motifs is 1. The summed E-state index contributed by atoms with van der Waals surface area (Å²) in [5.74, 6) is 0. The first-order valence-corrected chi connectivity index (χ1v) is 6.64. The van der Waals surface area contributed by atoms with E-state index in [1.54, 1.807) is 18.5 Å². The maximum atomic E-state index is 11.9. The highest BCUT2D eigenvalue weighted by Crippen LogP contribution is 2.16. The van der Waals surface area contributed by atoms with Crippen LogP contribution in [0.25, 0.3) is 11.0 Å². The van der Waals surface area contributed by atoms with Crippen LogP contribution in [0.2, 0.25) is 0 Å². The molecule has 0 aliphatic heterocycles. The molecule has 0 aliphatic carbocycles. The molecule has 17 heavy (non-hydrogen) atoms. The summed E-state index contributed by atoms with van der Waals surface area (Å²) in [6.45, 7) is 3.72. The van der Waals surface area contributed by atoms with E-state index in [-0.39, 0.29) is 0 Å². The number of aromatic nitrogens is 3. The molecule has 2 heterocycles. The van der Waals surface area contributed by atoms with E-state index in [1.807, 2.05) is 19.9 Å². The molecule has 2 aromatic rings. The van der Waals surface area contributed by atoms with Crippen molar-refractivity contribution in [3.05, 3.63) is 24.5 Å². The minimum atomic E-state index is -0.509. The molecule has 0 aliphatic rings. The van der Waals surface area contributed by atoms with Gasteiger partial charge in [-0.1, -0.05) is 22.6 Å². The molecule has 2 aromatic heterocycles. The maximum Gasteiger partial charge on any atom is 0.437 e. The Morgan fingerprint density at radius 1 is 1.59 bits per heavy atom. The van der Waals surface area contributed by atoms with Crippen molar-refractivity contribution in [2.45, 2.75) is 19.4 Å². The van der Waals surface area contributed by atoms with Crippen molar-refractivity contribution < 1.29 is 9.53 Å². The summed E-state index contributed by atoms with van der Waals surface area (Å²) in [7, 11) is 0. The van der Waals surface area contributed by atoms with Gasteiger partial charge < -0.3 is 4.74 Å². The summed E-state index contributed by atoms with van der Waals surface area (Å²) in [5, 5.41) is 4.81. The lowest BCUT2D eigenvalue weighted by atomic mass is 10.2. The Morgan fingerprint density at radius 3 is 3.06 bits per heavy atom. The van der Waals surface area contributed by atoms with Gasteiger partial charge in [0.05, 0.1) is 6.20 Å². The third-order valence-electron chi connectivity index (χ3n) is 2.19. The number of carbonyl (C=O) groups is 1. The highest BCUT2D eigenvalue weighted by atomic mass is 127. The van der Waals surface area contributed by atoms with Gasteiger partial charge >= 0.3 is 6.09 Å². The Labute approximate surface area is 112 Å². The standard InChI is InChI=1S/C11H12IN3O2/c1-11(2,7-12)17-10(16)15-9-8(6-14-15)4-3-5-13-9/h3-6H,7H2,1-2H3. The second kappa shape index (κ2) is 4.59. The van der Waals surface area contributed by atoms with Crippen molar-refractivity contribution in [1.82, 2.24) is 14.8 Å². The number of nitrogens with zero attached hydrogens (tertiary/aromatic N) is 3. The normalized spacial score (nSPS) is 11.7. The van der Waals surface area contributed by atoms with E-state index in [1.165, 1.54) is 4.68 Å². The minimum absolute atomic E-state index is 0.500. The Morgan fingerprint density at radius 2 is 2.35 bits per heavy atom. The summed E-state index contributed by atoms with van der Waals surface area (Å²) >= 11 is 2.18. The molecule has 0 bridgehead atoms. The average Bonchev–Trinajstić information content (AvgIpc) is 2.72. The zero-order chi connectivity index (χ0) is 12.5. The molecular formula is C11H12IN3O2. The maximum absolute atomic E-state index is 11.9. The van der Waals surface area contributed by atoms with Crippen molar-refractivity contribution in [3.8, 4) is 0 Å². The number of hydrogen-bond donors (Lipinski definition) is 0. The predicted octanol–water partition coefficient (Wildman–Crippen LogP) is 2.63. The van der Waals surface area contributed by atoms with Gasteiger partial charge in [0.2, 0.25) is 0 Å². The number of alkyl halides is 1. The van der Waals surface area contributed by atoms with E-state index in [4.69, 9.17) is 4.74 Å². The molecule has 0 saturated carbocycles. The molecule has 0 N–H and O–H groups in total. The Kier molecular flexibility index (Phi) is 3.32. The van der Waals surface area contributed by atoms with Crippen LogP contribution in [0.1, 0.15) is 13.8 Å². The van der Waals surface area contributed by atoms with Gasteiger partial charge in [-0.3, -0.25) is 0 Å². The Bertz CT molecular complexity index is 550.